The number of nitrogens with two attached hydrogens (primary N) is 1. The van der Waals surface area contributed by atoms with Crippen LogP contribution in [0.15, 0.2) is 0 Å². The van der Waals surface area contributed by atoms with Gasteiger partial charge in [-0.15, -0.1) is 0 Å². The normalized spacial score (nSPS) is 12.9. The van der Waals surface area contributed by atoms with Gasteiger partial charge in [-0.3, -0.25) is 5.41 Å². The van der Waals surface area contributed by atoms with Crippen molar-refractivity contribution in [2.24, 2.45) is 5.73 Å². The lowest BCUT2D eigenvalue weighted by Gasteiger charge is -2.42. The van der Waals surface area contributed by atoms with E-state index < -0.39 is 8.32 Å². The van der Waals surface area contributed by atoms with Gasteiger partial charge in [-0.25, -0.2) is 0 Å². The second kappa shape index (κ2) is 5.65. The molecule has 0 amide bonds. The predicted octanol–water partition coefficient (Wildman–Crippen LogP) is 3.11. The molecule has 0 unspecified atom stereocenters. The fraction of sp³-hybridized carbons (Fsp3) is 0.909. The topological polar surface area (TPSA) is 59.1 Å². The van der Waals surface area contributed by atoms with Crippen LogP contribution in [0.5, 0.6) is 0 Å². The molecule has 0 aromatic heterocycles. The van der Waals surface area contributed by atoms with Crippen molar-refractivity contribution in [2.75, 3.05) is 6.61 Å². The second-order valence-corrected chi connectivity index (χ2v) is 10.6. The minimum absolute atomic E-state index is 0.133. The molecule has 0 aliphatic rings. The van der Waals surface area contributed by atoms with Crippen LogP contribution in [0.2, 0.25) is 16.6 Å². The molecule has 0 bridgehead atoms. The van der Waals surface area contributed by atoms with Gasteiger partial charge in [-0.2, -0.15) is 0 Å². The molecule has 0 fully saturated rings. The van der Waals surface area contributed by atoms with Crippen molar-refractivity contribution < 1.29 is 4.43 Å². The van der Waals surface area contributed by atoms with E-state index in [0.29, 0.717) is 23.2 Å². The quantitative estimate of drug-likeness (QED) is 0.418. The zero-order valence-corrected chi connectivity index (χ0v) is 11.9. The van der Waals surface area contributed by atoms with Crippen molar-refractivity contribution in [1.82, 2.24) is 0 Å². The lowest BCUT2D eigenvalue weighted by atomic mass is 10.5. The van der Waals surface area contributed by atoms with Crippen LogP contribution in [0.25, 0.3) is 0 Å². The Hall–Kier alpha value is -0.353. The average molecular weight is 230 g/mol. The summed E-state index contributed by atoms with van der Waals surface area (Å²) in [6, 6.07) is 0. The Morgan fingerprint density at radius 3 is 1.60 bits per heavy atom. The van der Waals surface area contributed by atoms with Gasteiger partial charge in [0.25, 0.3) is 0 Å². The Bertz CT molecular complexity index is 193. The van der Waals surface area contributed by atoms with Gasteiger partial charge in [-0.1, -0.05) is 41.5 Å². The summed E-state index contributed by atoms with van der Waals surface area (Å²) in [5, 5.41) is 7.27. The summed E-state index contributed by atoms with van der Waals surface area (Å²) in [4.78, 5) is 0. The van der Waals surface area contributed by atoms with Gasteiger partial charge in [0, 0.05) is 0 Å². The number of hydrogen-bond donors (Lipinski definition) is 2. The zero-order valence-electron chi connectivity index (χ0n) is 10.9. The molecule has 4 heteroatoms. The maximum Gasteiger partial charge on any atom is 0.201 e. The van der Waals surface area contributed by atoms with Crippen molar-refractivity contribution >= 4 is 14.2 Å². The molecule has 0 aromatic rings. The predicted molar refractivity (Wildman–Crippen MR) is 68.9 cm³/mol. The van der Waals surface area contributed by atoms with Crippen LogP contribution in [0, 0.1) is 5.41 Å². The molecule has 0 aliphatic heterocycles. The molecule has 3 N–H and O–H groups in total. The maximum absolute atomic E-state index is 7.27. The van der Waals surface area contributed by atoms with Crippen molar-refractivity contribution in [3.8, 4) is 0 Å². The van der Waals surface area contributed by atoms with Crippen LogP contribution < -0.4 is 5.73 Å². The van der Waals surface area contributed by atoms with Crippen molar-refractivity contribution in [2.45, 2.75) is 58.2 Å². The van der Waals surface area contributed by atoms with Gasteiger partial charge in [0.15, 0.2) is 0 Å². The SMILES string of the molecule is CC(C)[Si](OCC(=N)N)(C(C)C)C(C)C. The van der Waals surface area contributed by atoms with E-state index in [1.54, 1.807) is 0 Å². The highest BCUT2D eigenvalue weighted by atomic mass is 28.4. The molecular formula is C11H26N2OSi. The second-order valence-electron chi connectivity index (χ2n) is 5.13. The van der Waals surface area contributed by atoms with E-state index in [4.69, 9.17) is 15.6 Å². The van der Waals surface area contributed by atoms with Crippen LogP contribution in [0.1, 0.15) is 41.5 Å². The number of hydrogen-bond acceptors (Lipinski definition) is 2. The molecule has 0 radical (unpaired) electrons. The lowest BCUT2D eigenvalue weighted by molar-refractivity contribution is 0.326. The standard InChI is InChI=1S/C11H26N2OSi/c1-8(2)15(9(3)4,10(5)6)14-7-11(12)13/h8-10H,7H2,1-6H3,(H3,12,13). The Labute approximate surface area is 95.0 Å². The van der Waals surface area contributed by atoms with Gasteiger partial charge >= 0.3 is 0 Å². The summed E-state index contributed by atoms with van der Waals surface area (Å²) in [5.41, 5.74) is 7.04. The fourth-order valence-corrected chi connectivity index (χ4v) is 8.11. The highest BCUT2D eigenvalue weighted by Crippen LogP contribution is 2.41. The van der Waals surface area contributed by atoms with Crippen LogP contribution >= 0.6 is 0 Å². The van der Waals surface area contributed by atoms with Crippen molar-refractivity contribution in [1.29, 1.82) is 5.41 Å². The monoisotopic (exact) mass is 230 g/mol. The Kier molecular flexibility index (Phi) is 5.52. The highest BCUT2D eigenvalue weighted by Gasteiger charge is 2.44. The molecule has 0 saturated heterocycles. The lowest BCUT2D eigenvalue weighted by Crippen LogP contribution is -2.49. The number of rotatable bonds is 6. The fourth-order valence-electron chi connectivity index (χ4n) is 2.70. The summed E-state index contributed by atoms with van der Waals surface area (Å²) >= 11 is 0. The molecule has 0 rings (SSSR count). The van der Waals surface area contributed by atoms with Gasteiger partial charge in [0.2, 0.25) is 8.32 Å². The van der Waals surface area contributed by atoms with Crippen LogP contribution in [-0.4, -0.2) is 20.8 Å². The van der Waals surface area contributed by atoms with Gasteiger partial charge in [0.1, 0.15) is 5.84 Å². The first-order valence-electron chi connectivity index (χ1n) is 5.72. The third kappa shape index (κ3) is 3.31. The third-order valence-electron chi connectivity index (χ3n) is 3.18. The third-order valence-corrected chi connectivity index (χ3v) is 9.24. The van der Waals surface area contributed by atoms with E-state index in [9.17, 15) is 0 Å². The minimum Gasteiger partial charge on any atom is -0.409 e. The molecule has 0 atom stereocenters. The molecule has 3 nitrogen and oxygen atoms in total. The van der Waals surface area contributed by atoms with E-state index >= 15 is 0 Å². The van der Waals surface area contributed by atoms with Gasteiger partial charge < -0.3 is 10.2 Å². The zero-order chi connectivity index (χ0) is 12.2. The average Bonchev–Trinajstić information content (AvgIpc) is 2.02. The summed E-state index contributed by atoms with van der Waals surface area (Å²) < 4.78 is 6.06. The molecular weight excluding hydrogens is 204 g/mol. The minimum atomic E-state index is -1.81. The van der Waals surface area contributed by atoms with E-state index in [-0.39, 0.29) is 5.84 Å². The van der Waals surface area contributed by atoms with E-state index in [2.05, 4.69) is 41.5 Å². The molecule has 0 spiro atoms. The van der Waals surface area contributed by atoms with Crippen molar-refractivity contribution in [3.63, 3.8) is 0 Å². The number of amidine groups is 1. The molecule has 0 aromatic carbocycles. The summed E-state index contributed by atoms with van der Waals surface area (Å²) in [5.74, 6) is 0.133. The van der Waals surface area contributed by atoms with Crippen molar-refractivity contribution in [3.05, 3.63) is 0 Å². The smallest absolute Gasteiger partial charge is 0.201 e. The van der Waals surface area contributed by atoms with E-state index in [1.807, 2.05) is 0 Å². The Balaban J connectivity index is 4.88. The highest BCUT2D eigenvalue weighted by molar-refractivity contribution is 6.77. The molecule has 0 aliphatic carbocycles. The molecule has 0 heterocycles. The Morgan fingerprint density at radius 1 is 1.07 bits per heavy atom. The van der Waals surface area contributed by atoms with E-state index in [0.717, 1.165) is 0 Å². The van der Waals surface area contributed by atoms with Crippen LogP contribution in [-0.2, 0) is 4.43 Å². The van der Waals surface area contributed by atoms with Crippen LogP contribution in [0.3, 0.4) is 0 Å². The van der Waals surface area contributed by atoms with Gasteiger partial charge in [0.05, 0.1) is 6.61 Å². The largest absolute Gasteiger partial charge is 0.409 e. The summed E-state index contributed by atoms with van der Waals surface area (Å²) in [7, 11) is -1.81. The van der Waals surface area contributed by atoms with Crippen LogP contribution in [0.4, 0.5) is 0 Å². The maximum atomic E-state index is 7.27. The molecule has 15 heavy (non-hydrogen) atoms. The first kappa shape index (κ1) is 14.6. The molecule has 0 saturated carbocycles. The summed E-state index contributed by atoms with van der Waals surface area (Å²) in [6.07, 6.45) is 0. The number of nitrogens with one attached hydrogen (secondary N) is 1. The van der Waals surface area contributed by atoms with Gasteiger partial charge in [-0.05, 0) is 16.6 Å². The first-order valence-corrected chi connectivity index (χ1v) is 7.86. The summed E-state index contributed by atoms with van der Waals surface area (Å²) in [6.45, 7) is 13.7. The molecule has 90 valence electrons. The van der Waals surface area contributed by atoms with E-state index in [1.165, 1.54) is 0 Å². The first-order chi connectivity index (χ1) is 6.75. The Morgan fingerprint density at radius 2 is 1.40 bits per heavy atom.